The molecule has 1 aromatic carbocycles. The van der Waals surface area contributed by atoms with Gasteiger partial charge >= 0.3 is 0 Å². The van der Waals surface area contributed by atoms with Gasteiger partial charge in [-0.2, -0.15) is 0 Å². The Labute approximate surface area is 117 Å². The molecule has 1 aromatic heterocycles. The molecule has 0 saturated heterocycles. The van der Waals surface area contributed by atoms with Gasteiger partial charge in [0.05, 0.1) is 7.11 Å². The number of anilines is 1. The van der Waals surface area contributed by atoms with Gasteiger partial charge in [0.25, 0.3) is 0 Å². The molecule has 3 rings (SSSR count). The van der Waals surface area contributed by atoms with Crippen molar-refractivity contribution in [2.45, 2.75) is 32.2 Å². The fraction of sp³-hybridized carbons (Fsp3) is 0.500. The van der Waals surface area contributed by atoms with Gasteiger partial charge in [-0.15, -0.1) is 5.10 Å². The van der Waals surface area contributed by atoms with Gasteiger partial charge in [0.1, 0.15) is 5.75 Å². The number of methoxy groups -OCH3 is 1. The predicted molar refractivity (Wildman–Crippen MR) is 76.2 cm³/mol. The van der Waals surface area contributed by atoms with Gasteiger partial charge < -0.3 is 10.5 Å². The van der Waals surface area contributed by atoms with Crippen molar-refractivity contribution in [2.24, 2.45) is 5.92 Å². The highest BCUT2D eigenvalue weighted by Gasteiger charge is 2.19. The van der Waals surface area contributed by atoms with E-state index in [9.17, 15) is 0 Å². The van der Waals surface area contributed by atoms with Gasteiger partial charge in [-0.25, -0.2) is 4.68 Å². The molecule has 1 aliphatic carbocycles. The minimum Gasteiger partial charge on any atom is -0.497 e. The second-order valence-corrected chi connectivity index (χ2v) is 5.26. The fourth-order valence-electron chi connectivity index (χ4n) is 2.49. The van der Waals surface area contributed by atoms with E-state index in [1.54, 1.807) is 7.11 Å². The molecule has 0 aliphatic heterocycles. The van der Waals surface area contributed by atoms with E-state index in [-0.39, 0.29) is 0 Å². The smallest absolute Gasteiger partial charge is 0.184 e. The number of tetrazole rings is 1. The van der Waals surface area contributed by atoms with Crippen molar-refractivity contribution < 1.29 is 4.74 Å². The Morgan fingerprint density at radius 1 is 1.40 bits per heavy atom. The normalized spacial score (nSPS) is 15.1. The van der Waals surface area contributed by atoms with Crippen LogP contribution in [-0.2, 0) is 6.54 Å². The largest absolute Gasteiger partial charge is 0.497 e. The maximum Gasteiger partial charge on any atom is 0.184 e. The van der Waals surface area contributed by atoms with Crippen LogP contribution in [0.25, 0.3) is 11.4 Å². The number of ether oxygens (including phenoxy) is 1. The van der Waals surface area contributed by atoms with Crippen LogP contribution in [0.3, 0.4) is 0 Å². The molecule has 0 spiro atoms. The van der Waals surface area contributed by atoms with E-state index < -0.39 is 0 Å². The first-order chi connectivity index (χ1) is 9.78. The first kappa shape index (κ1) is 12.9. The van der Waals surface area contributed by atoms with E-state index in [2.05, 4.69) is 15.5 Å². The molecule has 0 atom stereocenters. The van der Waals surface area contributed by atoms with Crippen LogP contribution in [0.1, 0.15) is 25.7 Å². The number of hydrogen-bond donors (Lipinski definition) is 1. The van der Waals surface area contributed by atoms with E-state index >= 15 is 0 Å². The molecule has 2 aromatic rings. The quantitative estimate of drug-likeness (QED) is 0.844. The molecule has 1 heterocycles. The van der Waals surface area contributed by atoms with Crippen LogP contribution in [0.5, 0.6) is 5.75 Å². The molecule has 106 valence electrons. The molecule has 6 nitrogen and oxygen atoms in total. The average molecular weight is 273 g/mol. The van der Waals surface area contributed by atoms with Gasteiger partial charge in [0, 0.05) is 17.8 Å². The van der Waals surface area contributed by atoms with Crippen LogP contribution in [-0.4, -0.2) is 27.3 Å². The molecule has 1 saturated carbocycles. The summed E-state index contributed by atoms with van der Waals surface area (Å²) in [6.07, 6.45) is 5.15. The number of nitrogens with zero attached hydrogens (tertiary/aromatic N) is 4. The zero-order valence-electron chi connectivity index (χ0n) is 11.6. The SMILES string of the molecule is COc1ccc(N)c(-c2nnnn2CCC2CCC2)c1. The highest BCUT2D eigenvalue weighted by molar-refractivity contribution is 5.72. The molecule has 0 bridgehead atoms. The van der Waals surface area contributed by atoms with Crippen molar-refractivity contribution in [2.75, 3.05) is 12.8 Å². The van der Waals surface area contributed by atoms with E-state index in [0.717, 1.165) is 30.2 Å². The number of nitrogen functional groups attached to an aromatic ring is 1. The number of aryl methyl sites for hydroxylation is 1. The molecule has 2 N–H and O–H groups in total. The summed E-state index contributed by atoms with van der Waals surface area (Å²) in [5.74, 6) is 2.29. The number of rotatable bonds is 5. The Hall–Kier alpha value is -2.11. The first-order valence-corrected chi connectivity index (χ1v) is 6.98. The zero-order chi connectivity index (χ0) is 13.9. The summed E-state index contributed by atoms with van der Waals surface area (Å²) < 4.78 is 7.08. The molecule has 1 fully saturated rings. The van der Waals surface area contributed by atoms with Gasteiger partial charge in [-0.3, -0.25) is 0 Å². The highest BCUT2D eigenvalue weighted by atomic mass is 16.5. The second-order valence-electron chi connectivity index (χ2n) is 5.26. The molecule has 1 aliphatic rings. The zero-order valence-corrected chi connectivity index (χ0v) is 11.6. The van der Waals surface area contributed by atoms with Crippen LogP contribution in [0.2, 0.25) is 0 Å². The summed E-state index contributed by atoms with van der Waals surface area (Å²) >= 11 is 0. The molecule has 6 heteroatoms. The predicted octanol–water partition coefficient (Wildman–Crippen LogP) is 2.12. The third-order valence-corrected chi connectivity index (χ3v) is 4.01. The summed E-state index contributed by atoms with van der Waals surface area (Å²) in [6, 6.07) is 5.53. The summed E-state index contributed by atoms with van der Waals surface area (Å²) in [7, 11) is 1.63. The Bertz CT molecular complexity index is 591. The molecule has 0 radical (unpaired) electrons. The third-order valence-electron chi connectivity index (χ3n) is 4.01. The van der Waals surface area contributed by atoms with Crippen molar-refractivity contribution in [3.05, 3.63) is 18.2 Å². The average Bonchev–Trinajstić information content (AvgIpc) is 2.86. The molecule has 0 amide bonds. The Kier molecular flexibility index (Phi) is 3.54. The third kappa shape index (κ3) is 2.45. The lowest BCUT2D eigenvalue weighted by molar-refractivity contribution is 0.277. The topological polar surface area (TPSA) is 78.8 Å². The maximum atomic E-state index is 6.03. The summed E-state index contributed by atoms with van der Waals surface area (Å²) in [5.41, 5.74) is 7.51. The lowest BCUT2D eigenvalue weighted by atomic mass is 9.83. The lowest BCUT2D eigenvalue weighted by Gasteiger charge is -2.25. The van der Waals surface area contributed by atoms with Gasteiger partial charge in [-0.1, -0.05) is 19.3 Å². The molecular formula is C14H19N5O. The molecule has 20 heavy (non-hydrogen) atoms. The van der Waals surface area contributed by atoms with Crippen LogP contribution in [0.4, 0.5) is 5.69 Å². The monoisotopic (exact) mass is 273 g/mol. The van der Waals surface area contributed by atoms with E-state index in [0.29, 0.717) is 11.5 Å². The van der Waals surface area contributed by atoms with E-state index in [1.807, 2.05) is 22.9 Å². The van der Waals surface area contributed by atoms with Crippen LogP contribution < -0.4 is 10.5 Å². The number of benzene rings is 1. The van der Waals surface area contributed by atoms with Crippen LogP contribution >= 0.6 is 0 Å². The number of hydrogen-bond acceptors (Lipinski definition) is 5. The Balaban J connectivity index is 1.84. The summed E-state index contributed by atoms with van der Waals surface area (Å²) in [6.45, 7) is 0.837. The van der Waals surface area contributed by atoms with Gasteiger partial charge in [0.2, 0.25) is 0 Å². The minimum absolute atomic E-state index is 0.658. The van der Waals surface area contributed by atoms with E-state index in [4.69, 9.17) is 10.5 Å². The summed E-state index contributed by atoms with van der Waals surface area (Å²) in [5, 5.41) is 12.0. The molecular weight excluding hydrogens is 254 g/mol. The maximum absolute atomic E-state index is 6.03. The van der Waals surface area contributed by atoms with Crippen LogP contribution in [0.15, 0.2) is 18.2 Å². The van der Waals surface area contributed by atoms with Gasteiger partial charge in [-0.05, 0) is 41.0 Å². The van der Waals surface area contributed by atoms with Crippen molar-refractivity contribution in [1.29, 1.82) is 0 Å². The second kappa shape index (κ2) is 5.48. The summed E-state index contributed by atoms with van der Waals surface area (Å²) in [4.78, 5) is 0. The standard InChI is InChI=1S/C14H19N5O/c1-20-11-5-6-13(15)12(9-11)14-16-17-18-19(14)8-7-10-3-2-4-10/h5-6,9-10H,2-4,7-8,15H2,1H3. The Morgan fingerprint density at radius 3 is 2.95 bits per heavy atom. The van der Waals surface area contributed by atoms with Crippen LogP contribution in [0, 0.1) is 5.92 Å². The lowest BCUT2D eigenvalue weighted by Crippen LogP contribution is -2.15. The van der Waals surface area contributed by atoms with Crippen molar-refractivity contribution in [1.82, 2.24) is 20.2 Å². The van der Waals surface area contributed by atoms with E-state index in [1.165, 1.54) is 19.3 Å². The van der Waals surface area contributed by atoms with Gasteiger partial charge in [0.15, 0.2) is 5.82 Å². The van der Waals surface area contributed by atoms with Crippen molar-refractivity contribution in [3.63, 3.8) is 0 Å². The van der Waals surface area contributed by atoms with Crippen molar-refractivity contribution >= 4 is 5.69 Å². The number of aromatic nitrogens is 4. The first-order valence-electron chi connectivity index (χ1n) is 6.98. The Morgan fingerprint density at radius 2 is 2.25 bits per heavy atom. The molecule has 0 unspecified atom stereocenters. The minimum atomic E-state index is 0.658. The highest BCUT2D eigenvalue weighted by Crippen LogP contribution is 2.31. The number of nitrogens with two attached hydrogens (primary N) is 1. The fourth-order valence-corrected chi connectivity index (χ4v) is 2.49. The van der Waals surface area contributed by atoms with Crippen molar-refractivity contribution in [3.8, 4) is 17.1 Å².